The third-order valence-corrected chi connectivity index (χ3v) is 12.7. The lowest BCUT2D eigenvalue weighted by atomic mass is 9.95. The molecular formula is C38H28NPS. The fourth-order valence-electron chi connectivity index (χ4n) is 5.86. The van der Waals surface area contributed by atoms with Crippen molar-refractivity contribution in [3.05, 3.63) is 187 Å². The van der Waals surface area contributed by atoms with Gasteiger partial charge in [-0.25, -0.2) is 0 Å². The molecule has 0 bridgehead atoms. The molecule has 41 heavy (non-hydrogen) atoms. The van der Waals surface area contributed by atoms with E-state index in [0.717, 1.165) is 17.1 Å². The van der Waals surface area contributed by atoms with Crippen LogP contribution in [-0.4, -0.2) is 0 Å². The predicted molar refractivity (Wildman–Crippen MR) is 180 cm³/mol. The average Bonchev–Trinajstić information content (AvgIpc) is 3.33. The van der Waals surface area contributed by atoms with Crippen molar-refractivity contribution < 1.29 is 0 Å². The quantitative estimate of drug-likeness (QED) is 0.186. The highest BCUT2D eigenvalue weighted by atomic mass is 32.4. The van der Waals surface area contributed by atoms with Gasteiger partial charge in [-0.2, -0.15) is 0 Å². The first kappa shape index (κ1) is 25.5. The van der Waals surface area contributed by atoms with Crippen molar-refractivity contribution in [3.8, 4) is 0 Å². The van der Waals surface area contributed by atoms with Gasteiger partial charge in [0.05, 0.1) is 0 Å². The van der Waals surface area contributed by atoms with Gasteiger partial charge in [-0.05, 0) is 64.0 Å². The zero-order valence-electron chi connectivity index (χ0n) is 22.5. The molecule has 1 aliphatic heterocycles. The number of rotatable bonds is 6. The van der Waals surface area contributed by atoms with Crippen LogP contribution in [0.3, 0.4) is 0 Å². The zero-order valence-corrected chi connectivity index (χ0v) is 24.2. The summed E-state index contributed by atoms with van der Waals surface area (Å²) in [4.78, 5) is 2.30. The number of hydrogen-bond acceptors (Lipinski definition) is 2. The number of nitrogens with zero attached hydrogens (tertiary/aromatic N) is 1. The SMILES string of the molecule is S=P1(c2ccccc2)C(c2ccc(N(c3ccccc3)c3ccccc3)cc2)=C(c2ccccc2)c2ccccc21. The van der Waals surface area contributed by atoms with E-state index in [1.807, 2.05) is 0 Å². The van der Waals surface area contributed by atoms with Gasteiger partial charge in [0, 0.05) is 33.7 Å². The van der Waals surface area contributed by atoms with Crippen molar-refractivity contribution in [2.24, 2.45) is 0 Å². The van der Waals surface area contributed by atoms with E-state index in [1.54, 1.807) is 0 Å². The second-order valence-electron chi connectivity index (χ2n) is 10.1. The molecule has 0 fully saturated rings. The minimum absolute atomic E-state index is 1.11. The molecule has 1 atom stereocenters. The molecule has 7 rings (SSSR count). The van der Waals surface area contributed by atoms with E-state index in [-0.39, 0.29) is 0 Å². The Morgan fingerprint density at radius 3 is 1.46 bits per heavy atom. The number of anilines is 3. The van der Waals surface area contributed by atoms with Crippen molar-refractivity contribution in [2.75, 3.05) is 4.90 Å². The van der Waals surface area contributed by atoms with E-state index in [1.165, 1.54) is 38.2 Å². The Kier molecular flexibility index (Phi) is 6.72. The summed E-state index contributed by atoms with van der Waals surface area (Å²) in [6.45, 7) is 0. The Morgan fingerprint density at radius 1 is 0.415 bits per heavy atom. The molecule has 1 heterocycles. The maximum atomic E-state index is 6.85. The van der Waals surface area contributed by atoms with Crippen molar-refractivity contribution >= 4 is 56.4 Å². The normalized spacial score (nSPS) is 15.9. The lowest BCUT2D eigenvalue weighted by Gasteiger charge is -2.27. The maximum Gasteiger partial charge on any atom is 0.0462 e. The molecule has 0 N–H and O–H groups in total. The molecule has 3 heteroatoms. The van der Waals surface area contributed by atoms with Gasteiger partial charge in [0.2, 0.25) is 0 Å². The average molecular weight is 562 g/mol. The van der Waals surface area contributed by atoms with Crippen molar-refractivity contribution in [1.82, 2.24) is 0 Å². The summed E-state index contributed by atoms with van der Waals surface area (Å²) < 4.78 is 0. The standard InChI is InChI=1S/C38H28NPS/c41-40(34-21-11-4-12-22-34)36-24-14-13-23-35(36)37(29-15-5-1-6-16-29)38(40)30-25-27-33(28-26-30)39(31-17-7-2-8-18-31)32-19-9-3-10-20-32/h1-28H. The van der Waals surface area contributed by atoms with E-state index in [4.69, 9.17) is 11.8 Å². The molecule has 0 saturated carbocycles. The fourth-order valence-corrected chi connectivity index (χ4v) is 10.6. The molecule has 0 aliphatic carbocycles. The van der Waals surface area contributed by atoms with Crippen LogP contribution in [0.4, 0.5) is 17.1 Å². The first-order valence-electron chi connectivity index (χ1n) is 13.8. The molecule has 196 valence electrons. The van der Waals surface area contributed by atoms with Gasteiger partial charge in [0.1, 0.15) is 0 Å². The van der Waals surface area contributed by atoms with Crippen LogP contribution >= 0.6 is 6.04 Å². The van der Waals surface area contributed by atoms with E-state index in [9.17, 15) is 0 Å². The summed E-state index contributed by atoms with van der Waals surface area (Å²) in [7, 11) is 0. The molecule has 6 aromatic carbocycles. The molecule has 0 saturated heterocycles. The summed E-state index contributed by atoms with van der Waals surface area (Å²) in [5, 5.41) is 3.76. The molecule has 0 radical (unpaired) electrons. The minimum Gasteiger partial charge on any atom is -0.311 e. The topological polar surface area (TPSA) is 3.24 Å². The number of hydrogen-bond donors (Lipinski definition) is 0. The molecule has 0 aromatic heterocycles. The highest BCUT2D eigenvalue weighted by Crippen LogP contribution is 2.65. The summed E-state index contributed by atoms with van der Waals surface area (Å²) in [6, 6.07) is 58.0. The van der Waals surface area contributed by atoms with Crippen LogP contribution < -0.4 is 15.5 Å². The van der Waals surface area contributed by atoms with Gasteiger partial charge in [-0.3, -0.25) is 0 Å². The first-order valence-corrected chi connectivity index (χ1v) is 16.6. The molecule has 6 aromatic rings. The third kappa shape index (κ3) is 4.46. The molecule has 0 spiro atoms. The lowest BCUT2D eigenvalue weighted by Crippen LogP contribution is -2.15. The molecule has 0 amide bonds. The number of fused-ring (bicyclic) bond motifs is 1. The summed E-state index contributed by atoms with van der Waals surface area (Å²) >= 11 is 6.85. The van der Waals surface area contributed by atoms with Crippen LogP contribution in [-0.2, 0) is 11.8 Å². The minimum atomic E-state index is -2.32. The van der Waals surface area contributed by atoms with Crippen LogP contribution in [0.1, 0.15) is 16.7 Å². The molecule has 1 nitrogen and oxygen atoms in total. The molecule has 1 unspecified atom stereocenters. The fraction of sp³-hybridized carbons (Fsp3) is 0. The Labute approximate surface area is 247 Å². The monoisotopic (exact) mass is 561 g/mol. The van der Waals surface area contributed by atoms with Gasteiger partial charge in [0.25, 0.3) is 0 Å². The van der Waals surface area contributed by atoms with Crippen molar-refractivity contribution in [2.45, 2.75) is 0 Å². The van der Waals surface area contributed by atoms with E-state index in [0.29, 0.717) is 0 Å². The summed E-state index contributed by atoms with van der Waals surface area (Å²) in [5.41, 5.74) is 8.24. The van der Waals surface area contributed by atoms with E-state index < -0.39 is 6.04 Å². The van der Waals surface area contributed by atoms with Crippen LogP contribution in [0.5, 0.6) is 0 Å². The van der Waals surface area contributed by atoms with Crippen LogP contribution in [0, 0.1) is 0 Å². The van der Waals surface area contributed by atoms with Crippen LogP contribution in [0.2, 0.25) is 0 Å². The van der Waals surface area contributed by atoms with Crippen LogP contribution in [0.25, 0.3) is 10.9 Å². The Hall–Kier alpha value is -4.49. The highest BCUT2D eigenvalue weighted by molar-refractivity contribution is 8.27. The van der Waals surface area contributed by atoms with Gasteiger partial charge in [-0.15, -0.1) is 0 Å². The lowest BCUT2D eigenvalue weighted by molar-refractivity contribution is 1.28. The Balaban J connectivity index is 1.45. The van der Waals surface area contributed by atoms with E-state index in [2.05, 4.69) is 175 Å². The first-order chi connectivity index (χ1) is 20.2. The Morgan fingerprint density at radius 2 is 0.878 bits per heavy atom. The maximum absolute atomic E-state index is 6.85. The Bertz CT molecular complexity index is 1840. The molecule has 1 aliphatic rings. The van der Waals surface area contributed by atoms with Gasteiger partial charge in [0.15, 0.2) is 0 Å². The second kappa shape index (κ2) is 10.8. The second-order valence-corrected chi connectivity index (χ2v) is 14.4. The van der Waals surface area contributed by atoms with Gasteiger partial charge >= 0.3 is 0 Å². The summed E-state index contributed by atoms with van der Waals surface area (Å²) in [5.74, 6) is 0. The van der Waals surface area contributed by atoms with Crippen molar-refractivity contribution in [1.29, 1.82) is 0 Å². The van der Waals surface area contributed by atoms with Crippen LogP contribution in [0.15, 0.2) is 170 Å². The zero-order chi connectivity index (χ0) is 27.6. The van der Waals surface area contributed by atoms with Gasteiger partial charge < -0.3 is 4.90 Å². The number of para-hydroxylation sites is 2. The third-order valence-electron chi connectivity index (χ3n) is 7.67. The summed E-state index contributed by atoms with van der Waals surface area (Å²) in [6.07, 6.45) is 0. The van der Waals surface area contributed by atoms with Crippen molar-refractivity contribution in [3.63, 3.8) is 0 Å². The smallest absolute Gasteiger partial charge is 0.0462 e. The number of benzene rings is 6. The largest absolute Gasteiger partial charge is 0.311 e. The predicted octanol–water partition coefficient (Wildman–Crippen LogP) is 9.52. The van der Waals surface area contributed by atoms with E-state index >= 15 is 0 Å². The van der Waals surface area contributed by atoms with Gasteiger partial charge in [-0.1, -0.05) is 145 Å². The highest BCUT2D eigenvalue weighted by Gasteiger charge is 2.39. The molecular weight excluding hydrogens is 533 g/mol.